The molecular weight excluding hydrogens is 432 g/mol. The van der Waals surface area contributed by atoms with E-state index in [1.165, 1.54) is 16.7 Å². The number of hydrogen-bond acceptors (Lipinski definition) is 6. The topological polar surface area (TPSA) is 71.1 Å². The van der Waals surface area contributed by atoms with Crippen molar-refractivity contribution in [1.82, 2.24) is 0 Å². The molecule has 0 amide bonds. The minimum Gasteiger partial charge on any atom is -0.460 e. The molecule has 2 aromatic rings. The predicted molar refractivity (Wildman–Crippen MR) is 131 cm³/mol. The summed E-state index contributed by atoms with van der Waals surface area (Å²) >= 11 is 0. The summed E-state index contributed by atoms with van der Waals surface area (Å²) in [6.07, 6.45) is 3.98. The van der Waals surface area contributed by atoms with Gasteiger partial charge in [-0.2, -0.15) is 0 Å². The van der Waals surface area contributed by atoms with Crippen LogP contribution in [0.3, 0.4) is 0 Å². The Balaban J connectivity index is 1.80. The van der Waals surface area contributed by atoms with Crippen molar-refractivity contribution in [2.45, 2.75) is 38.7 Å². The van der Waals surface area contributed by atoms with E-state index in [-0.39, 0.29) is 18.8 Å². The van der Waals surface area contributed by atoms with E-state index in [0.29, 0.717) is 19.8 Å². The van der Waals surface area contributed by atoms with Crippen LogP contribution in [0.15, 0.2) is 73.8 Å². The number of carbonyl (C=O) groups excluding carboxylic acids is 2. The van der Waals surface area contributed by atoms with Crippen molar-refractivity contribution in [3.63, 3.8) is 0 Å². The Bertz CT molecular complexity index is 928. The third-order valence-electron chi connectivity index (χ3n) is 5.46. The van der Waals surface area contributed by atoms with Crippen LogP contribution in [-0.4, -0.2) is 38.6 Å². The third kappa shape index (κ3) is 8.96. The molecule has 0 aliphatic rings. The minimum absolute atomic E-state index is 0.0476. The SMILES string of the molecule is C=CC(=O)OCCOCc1ccc(C(C)(C)c2ccc(CCCOCOC(=O)C=C)cc2)cc1. The van der Waals surface area contributed by atoms with E-state index in [9.17, 15) is 9.59 Å². The Morgan fingerprint density at radius 1 is 0.765 bits per heavy atom. The average molecular weight is 467 g/mol. The molecule has 0 heterocycles. The average Bonchev–Trinajstić information content (AvgIpc) is 2.86. The molecule has 0 aliphatic heterocycles. The number of aryl methyl sites for hydroxylation is 1. The lowest BCUT2D eigenvalue weighted by molar-refractivity contribution is -0.150. The van der Waals surface area contributed by atoms with E-state index < -0.39 is 11.9 Å². The van der Waals surface area contributed by atoms with Crippen molar-refractivity contribution >= 4 is 11.9 Å². The lowest BCUT2D eigenvalue weighted by Crippen LogP contribution is -2.19. The molecule has 0 unspecified atom stereocenters. The fraction of sp³-hybridized carbons (Fsp3) is 0.357. The van der Waals surface area contributed by atoms with Gasteiger partial charge in [0.15, 0.2) is 6.79 Å². The van der Waals surface area contributed by atoms with E-state index in [1.807, 2.05) is 0 Å². The third-order valence-corrected chi connectivity index (χ3v) is 5.46. The Labute approximate surface area is 202 Å². The molecule has 0 N–H and O–H groups in total. The monoisotopic (exact) mass is 466 g/mol. The van der Waals surface area contributed by atoms with Crippen molar-refractivity contribution in [2.75, 3.05) is 26.6 Å². The Kier molecular flexibility index (Phi) is 11.2. The second-order valence-corrected chi connectivity index (χ2v) is 8.24. The maximum absolute atomic E-state index is 11.0. The largest absolute Gasteiger partial charge is 0.460 e. The Hall–Kier alpha value is -3.22. The smallest absolute Gasteiger partial charge is 0.332 e. The summed E-state index contributed by atoms with van der Waals surface area (Å²) in [5.41, 5.74) is 4.60. The molecule has 0 fully saturated rings. The van der Waals surface area contributed by atoms with Crippen LogP contribution in [0, 0.1) is 0 Å². The first kappa shape index (κ1) is 27.0. The Morgan fingerprint density at radius 3 is 1.91 bits per heavy atom. The van der Waals surface area contributed by atoms with Crippen molar-refractivity contribution < 1.29 is 28.5 Å². The highest BCUT2D eigenvalue weighted by molar-refractivity contribution is 5.81. The van der Waals surface area contributed by atoms with Gasteiger partial charge in [-0.3, -0.25) is 0 Å². The highest BCUT2D eigenvalue weighted by Crippen LogP contribution is 2.32. The number of carbonyl (C=O) groups is 2. The summed E-state index contributed by atoms with van der Waals surface area (Å²) in [4.78, 5) is 22.0. The second kappa shape index (κ2) is 14.1. The summed E-state index contributed by atoms with van der Waals surface area (Å²) < 4.78 is 20.5. The van der Waals surface area contributed by atoms with Gasteiger partial charge >= 0.3 is 11.9 Å². The second-order valence-electron chi connectivity index (χ2n) is 8.24. The summed E-state index contributed by atoms with van der Waals surface area (Å²) in [6.45, 7) is 12.6. The van der Waals surface area contributed by atoms with Crippen LogP contribution in [0.1, 0.15) is 42.5 Å². The number of benzene rings is 2. The molecule has 0 saturated heterocycles. The van der Waals surface area contributed by atoms with Gasteiger partial charge in [-0.25, -0.2) is 9.59 Å². The molecule has 182 valence electrons. The van der Waals surface area contributed by atoms with Gasteiger partial charge in [0.25, 0.3) is 0 Å². The van der Waals surface area contributed by atoms with E-state index >= 15 is 0 Å². The zero-order valence-corrected chi connectivity index (χ0v) is 20.1. The van der Waals surface area contributed by atoms with Crippen LogP contribution >= 0.6 is 0 Å². The van der Waals surface area contributed by atoms with Gasteiger partial charge in [0, 0.05) is 17.6 Å². The fourth-order valence-electron chi connectivity index (χ4n) is 3.32. The van der Waals surface area contributed by atoms with Crippen LogP contribution in [0.4, 0.5) is 0 Å². The first-order valence-electron chi connectivity index (χ1n) is 11.3. The van der Waals surface area contributed by atoms with Crippen LogP contribution in [0.25, 0.3) is 0 Å². The van der Waals surface area contributed by atoms with Crippen LogP contribution in [0.2, 0.25) is 0 Å². The first-order valence-corrected chi connectivity index (χ1v) is 11.3. The molecule has 34 heavy (non-hydrogen) atoms. The molecule has 0 radical (unpaired) electrons. The van der Waals surface area contributed by atoms with Gasteiger partial charge < -0.3 is 18.9 Å². The molecule has 0 spiro atoms. The van der Waals surface area contributed by atoms with E-state index in [0.717, 1.165) is 30.6 Å². The van der Waals surface area contributed by atoms with Crippen molar-refractivity contribution in [1.29, 1.82) is 0 Å². The van der Waals surface area contributed by atoms with Gasteiger partial charge in [0.2, 0.25) is 0 Å². The number of hydrogen-bond donors (Lipinski definition) is 0. The Morgan fingerprint density at radius 2 is 1.32 bits per heavy atom. The molecule has 2 rings (SSSR count). The molecule has 6 heteroatoms. The standard InChI is InChI=1S/C28H34O6/c1-5-26(29)33-19-18-31-20-23-11-15-25(16-12-23)28(3,4)24-13-9-22(10-14-24)8-7-17-32-21-34-27(30)6-2/h5-6,9-16H,1-2,7-8,17-21H2,3-4H3. The van der Waals surface area contributed by atoms with Gasteiger partial charge in [0.1, 0.15) is 6.61 Å². The highest BCUT2D eigenvalue weighted by Gasteiger charge is 2.22. The van der Waals surface area contributed by atoms with Gasteiger partial charge in [-0.15, -0.1) is 0 Å². The normalized spacial score (nSPS) is 11.0. The quantitative estimate of drug-likeness (QED) is 0.161. The van der Waals surface area contributed by atoms with Crippen LogP contribution < -0.4 is 0 Å². The molecule has 0 aromatic heterocycles. The molecular formula is C28H34O6. The molecule has 0 atom stereocenters. The van der Waals surface area contributed by atoms with E-state index in [1.54, 1.807) is 0 Å². The lowest BCUT2D eigenvalue weighted by atomic mass is 9.77. The number of esters is 2. The summed E-state index contributed by atoms with van der Waals surface area (Å²) in [7, 11) is 0. The molecule has 2 aromatic carbocycles. The predicted octanol–water partition coefficient (Wildman–Crippen LogP) is 4.89. The highest BCUT2D eigenvalue weighted by atomic mass is 16.7. The zero-order valence-electron chi connectivity index (χ0n) is 20.1. The molecule has 0 bridgehead atoms. The first-order chi connectivity index (χ1) is 16.4. The van der Waals surface area contributed by atoms with Gasteiger partial charge in [0.05, 0.1) is 19.8 Å². The number of ether oxygens (including phenoxy) is 4. The van der Waals surface area contributed by atoms with Crippen molar-refractivity contribution in [3.05, 3.63) is 96.1 Å². The maximum atomic E-state index is 11.0. The molecule has 0 saturated carbocycles. The lowest BCUT2D eigenvalue weighted by Gasteiger charge is -2.26. The minimum atomic E-state index is -0.482. The maximum Gasteiger partial charge on any atom is 0.332 e. The fourth-order valence-corrected chi connectivity index (χ4v) is 3.32. The van der Waals surface area contributed by atoms with Crippen molar-refractivity contribution in [2.24, 2.45) is 0 Å². The zero-order chi connectivity index (χ0) is 24.8. The van der Waals surface area contributed by atoms with Crippen molar-refractivity contribution in [3.8, 4) is 0 Å². The summed E-state index contributed by atoms with van der Waals surface area (Å²) in [5, 5.41) is 0. The molecule has 0 aliphatic carbocycles. The van der Waals surface area contributed by atoms with E-state index in [2.05, 4.69) is 75.5 Å². The summed E-state index contributed by atoms with van der Waals surface area (Å²) in [5.74, 6) is -0.925. The van der Waals surface area contributed by atoms with Crippen LogP contribution in [-0.2, 0) is 47.0 Å². The van der Waals surface area contributed by atoms with Crippen LogP contribution in [0.5, 0.6) is 0 Å². The number of rotatable bonds is 15. The van der Waals surface area contributed by atoms with E-state index in [4.69, 9.17) is 18.9 Å². The molecule has 6 nitrogen and oxygen atoms in total. The van der Waals surface area contributed by atoms with Gasteiger partial charge in [-0.05, 0) is 35.1 Å². The van der Waals surface area contributed by atoms with Gasteiger partial charge in [-0.1, -0.05) is 75.5 Å². The summed E-state index contributed by atoms with van der Waals surface area (Å²) in [6, 6.07) is 17.0.